The highest BCUT2D eigenvalue weighted by molar-refractivity contribution is 5.83. The molecule has 1 aromatic carbocycles. The average Bonchev–Trinajstić information content (AvgIpc) is 2.99. The van der Waals surface area contributed by atoms with E-state index in [2.05, 4.69) is 16.4 Å². The number of anilines is 1. The van der Waals surface area contributed by atoms with Crippen LogP contribution in [0.25, 0.3) is 10.9 Å². The SMILES string of the molecule is CC(C)(C)OC(=O)NC1CCN(c2nc3ccccc3cc2C#N)C1. The number of ether oxygens (including phenoxy) is 1. The van der Waals surface area contributed by atoms with Crippen molar-refractivity contribution in [1.82, 2.24) is 10.3 Å². The third-order valence-corrected chi connectivity index (χ3v) is 4.03. The van der Waals surface area contributed by atoms with Crippen molar-refractivity contribution in [2.45, 2.75) is 38.8 Å². The summed E-state index contributed by atoms with van der Waals surface area (Å²) in [4.78, 5) is 18.6. The second-order valence-corrected chi connectivity index (χ2v) is 7.24. The van der Waals surface area contributed by atoms with Crippen molar-refractivity contribution >= 4 is 22.8 Å². The first-order valence-corrected chi connectivity index (χ1v) is 8.40. The number of hydrogen-bond acceptors (Lipinski definition) is 5. The molecule has 1 aromatic heterocycles. The Kier molecular flexibility index (Phi) is 4.49. The topological polar surface area (TPSA) is 78.2 Å². The molecule has 1 N–H and O–H groups in total. The number of alkyl carbamates (subject to hydrolysis) is 1. The van der Waals surface area contributed by atoms with Gasteiger partial charge in [-0.2, -0.15) is 5.26 Å². The first-order valence-electron chi connectivity index (χ1n) is 8.40. The van der Waals surface area contributed by atoms with Crippen LogP contribution in [-0.2, 0) is 4.74 Å². The highest BCUT2D eigenvalue weighted by atomic mass is 16.6. The number of nitriles is 1. The van der Waals surface area contributed by atoms with E-state index in [0.29, 0.717) is 17.9 Å². The fraction of sp³-hybridized carbons (Fsp3) is 0.421. The first-order chi connectivity index (χ1) is 11.9. The van der Waals surface area contributed by atoms with Crippen LogP contribution in [0.4, 0.5) is 10.6 Å². The zero-order chi connectivity index (χ0) is 18.0. The Bertz CT molecular complexity index is 835. The lowest BCUT2D eigenvalue weighted by molar-refractivity contribution is 0.0509. The van der Waals surface area contributed by atoms with Crippen LogP contribution < -0.4 is 10.2 Å². The molecule has 1 aliphatic rings. The fourth-order valence-corrected chi connectivity index (χ4v) is 2.97. The van der Waals surface area contributed by atoms with Gasteiger partial charge >= 0.3 is 6.09 Å². The minimum Gasteiger partial charge on any atom is -0.444 e. The van der Waals surface area contributed by atoms with Gasteiger partial charge < -0.3 is 15.0 Å². The summed E-state index contributed by atoms with van der Waals surface area (Å²) in [6, 6.07) is 11.8. The molecule has 6 nitrogen and oxygen atoms in total. The Morgan fingerprint density at radius 2 is 2.16 bits per heavy atom. The highest BCUT2D eigenvalue weighted by Gasteiger charge is 2.28. The molecule has 25 heavy (non-hydrogen) atoms. The van der Waals surface area contributed by atoms with Crippen molar-refractivity contribution in [2.24, 2.45) is 0 Å². The summed E-state index contributed by atoms with van der Waals surface area (Å²) in [6.07, 6.45) is 0.379. The molecule has 1 amide bonds. The molecule has 1 saturated heterocycles. The maximum absolute atomic E-state index is 11.9. The van der Waals surface area contributed by atoms with Crippen LogP contribution in [0.2, 0.25) is 0 Å². The number of carbonyl (C=O) groups excluding carboxylic acids is 1. The molecule has 2 aromatic rings. The van der Waals surface area contributed by atoms with E-state index < -0.39 is 11.7 Å². The molecule has 0 radical (unpaired) electrons. The molecule has 1 aliphatic heterocycles. The van der Waals surface area contributed by atoms with Gasteiger partial charge in [0, 0.05) is 18.5 Å². The summed E-state index contributed by atoms with van der Waals surface area (Å²) >= 11 is 0. The van der Waals surface area contributed by atoms with Crippen molar-refractivity contribution in [3.63, 3.8) is 0 Å². The van der Waals surface area contributed by atoms with Crippen LogP contribution in [0, 0.1) is 11.3 Å². The van der Waals surface area contributed by atoms with E-state index in [-0.39, 0.29) is 6.04 Å². The van der Waals surface area contributed by atoms with E-state index >= 15 is 0 Å². The largest absolute Gasteiger partial charge is 0.444 e. The molecule has 6 heteroatoms. The van der Waals surface area contributed by atoms with Gasteiger partial charge in [-0.3, -0.25) is 0 Å². The highest BCUT2D eigenvalue weighted by Crippen LogP contribution is 2.26. The van der Waals surface area contributed by atoms with Crippen LogP contribution in [0.15, 0.2) is 30.3 Å². The summed E-state index contributed by atoms with van der Waals surface area (Å²) < 4.78 is 5.31. The quantitative estimate of drug-likeness (QED) is 0.910. The van der Waals surface area contributed by atoms with Gasteiger partial charge in [0.05, 0.1) is 17.1 Å². The van der Waals surface area contributed by atoms with Crippen LogP contribution in [0.3, 0.4) is 0 Å². The second-order valence-electron chi connectivity index (χ2n) is 7.24. The monoisotopic (exact) mass is 338 g/mol. The average molecular weight is 338 g/mol. The molecule has 1 unspecified atom stereocenters. The van der Waals surface area contributed by atoms with Crippen LogP contribution in [-0.4, -0.2) is 35.8 Å². The molecule has 0 bridgehead atoms. The Labute approximate surface area is 147 Å². The first kappa shape index (κ1) is 17.0. The van der Waals surface area contributed by atoms with Crippen LogP contribution >= 0.6 is 0 Å². The number of nitrogens with zero attached hydrogens (tertiary/aromatic N) is 3. The summed E-state index contributed by atoms with van der Waals surface area (Å²) in [5.41, 5.74) is 0.896. The number of nitrogens with one attached hydrogen (secondary N) is 1. The number of carbonyl (C=O) groups is 1. The van der Waals surface area contributed by atoms with E-state index in [4.69, 9.17) is 4.74 Å². The molecule has 1 atom stereocenters. The van der Waals surface area contributed by atoms with Gasteiger partial charge in [0.15, 0.2) is 0 Å². The van der Waals surface area contributed by atoms with Gasteiger partial charge in [0.2, 0.25) is 0 Å². The Balaban J connectivity index is 1.75. The predicted molar refractivity (Wildman–Crippen MR) is 96.4 cm³/mol. The van der Waals surface area contributed by atoms with Crippen molar-refractivity contribution < 1.29 is 9.53 Å². The Hall–Kier alpha value is -2.81. The van der Waals surface area contributed by atoms with Crippen molar-refractivity contribution in [1.29, 1.82) is 5.26 Å². The predicted octanol–water partition coefficient (Wildman–Crippen LogP) is 3.21. The molecule has 0 saturated carbocycles. The van der Waals surface area contributed by atoms with Gasteiger partial charge in [-0.05, 0) is 39.3 Å². The minimum atomic E-state index is -0.518. The smallest absolute Gasteiger partial charge is 0.407 e. The Morgan fingerprint density at radius 3 is 2.88 bits per heavy atom. The van der Waals surface area contributed by atoms with Crippen LogP contribution in [0.5, 0.6) is 0 Å². The standard InChI is InChI=1S/C19H22N4O2/c1-19(2,3)25-18(24)21-15-8-9-23(12-15)17-14(11-20)10-13-6-4-5-7-16(13)22-17/h4-7,10,15H,8-9,12H2,1-3H3,(H,21,24). The summed E-state index contributed by atoms with van der Waals surface area (Å²) in [7, 11) is 0. The molecule has 0 aliphatic carbocycles. The number of aromatic nitrogens is 1. The number of fused-ring (bicyclic) bond motifs is 1. The van der Waals surface area contributed by atoms with Gasteiger partial charge in [0.25, 0.3) is 0 Å². The minimum absolute atomic E-state index is 0.0188. The number of rotatable bonds is 2. The third kappa shape index (κ3) is 4.00. The number of para-hydroxylation sites is 1. The normalized spacial score (nSPS) is 17.4. The number of pyridine rings is 1. The number of amides is 1. The molecule has 2 heterocycles. The van der Waals surface area contributed by atoms with E-state index in [1.807, 2.05) is 56.0 Å². The summed E-state index contributed by atoms with van der Waals surface area (Å²) in [6.45, 7) is 6.86. The third-order valence-electron chi connectivity index (χ3n) is 4.03. The van der Waals surface area contributed by atoms with Crippen LogP contribution in [0.1, 0.15) is 32.8 Å². The van der Waals surface area contributed by atoms with Crippen molar-refractivity contribution in [3.8, 4) is 6.07 Å². The lowest BCUT2D eigenvalue weighted by atomic mass is 10.1. The van der Waals surface area contributed by atoms with E-state index in [1.165, 1.54) is 0 Å². The summed E-state index contributed by atoms with van der Waals surface area (Å²) in [5.74, 6) is 0.676. The molecule has 3 rings (SSSR count). The van der Waals surface area contributed by atoms with Gasteiger partial charge in [0.1, 0.15) is 17.5 Å². The molecular weight excluding hydrogens is 316 g/mol. The van der Waals surface area contributed by atoms with Gasteiger partial charge in [-0.15, -0.1) is 0 Å². The number of benzene rings is 1. The molecular formula is C19H22N4O2. The maximum Gasteiger partial charge on any atom is 0.407 e. The van der Waals surface area contributed by atoms with E-state index in [9.17, 15) is 10.1 Å². The zero-order valence-corrected chi connectivity index (χ0v) is 14.7. The van der Waals surface area contributed by atoms with Crippen molar-refractivity contribution in [2.75, 3.05) is 18.0 Å². The molecule has 130 valence electrons. The van der Waals surface area contributed by atoms with Gasteiger partial charge in [-0.25, -0.2) is 9.78 Å². The number of hydrogen-bond donors (Lipinski definition) is 1. The van der Waals surface area contributed by atoms with E-state index in [1.54, 1.807) is 0 Å². The van der Waals surface area contributed by atoms with Gasteiger partial charge in [-0.1, -0.05) is 18.2 Å². The fourth-order valence-electron chi connectivity index (χ4n) is 2.97. The molecule has 0 spiro atoms. The maximum atomic E-state index is 11.9. The lowest BCUT2D eigenvalue weighted by Crippen LogP contribution is -2.40. The molecule has 1 fully saturated rings. The Morgan fingerprint density at radius 1 is 1.40 bits per heavy atom. The lowest BCUT2D eigenvalue weighted by Gasteiger charge is -2.22. The van der Waals surface area contributed by atoms with E-state index in [0.717, 1.165) is 23.9 Å². The van der Waals surface area contributed by atoms with Crippen molar-refractivity contribution in [3.05, 3.63) is 35.9 Å². The zero-order valence-electron chi connectivity index (χ0n) is 14.7. The second kappa shape index (κ2) is 6.60. The summed E-state index contributed by atoms with van der Waals surface area (Å²) in [5, 5.41) is 13.3.